The SMILES string of the molecule is Nc1cnc(NC(CO)(CO)CO)c(Br)c1. The lowest BCUT2D eigenvalue weighted by molar-refractivity contribution is 0.0830. The molecule has 16 heavy (non-hydrogen) atoms. The first-order valence-corrected chi connectivity index (χ1v) is 5.38. The molecular formula is C9H14BrN3O3. The Morgan fingerprint density at radius 3 is 2.31 bits per heavy atom. The maximum absolute atomic E-state index is 9.13. The van der Waals surface area contributed by atoms with Crippen LogP contribution in [0.2, 0.25) is 0 Å². The summed E-state index contributed by atoms with van der Waals surface area (Å²) in [6, 6.07) is 1.63. The predicted octanol–water partition coefficient (Wildman–Crippen LogP) is -0.446. The van der Waals surface area contributed by atoms with E-state index in [4.69, 9.17) is 21.1 Å². The molecule has 0 bridgehead atoms. The van der Waals surface area contributed by atoms with E-state index in [0.29, 0.717) is 16.0 Å². The van der Waals surface area contributed by atoms with E-state index in [1.807, 2.05) is 0 Å². The molecular weight excluding hydrogens is 278 g/mol. The Balaban J connectivity index is 2.93. The number of nitrogen functional groups attached to an aromatic ring is 1. The zero-order chi connectivity index (χ0) is 12.2. The number of aliphatic hydroxyl groups is 3. The molecule has 0 fully saturated rings. The number of hydrogen-bond acceptors (Lipinski definition) is 6. The highest BCUT2D eigenvalue weighted by Crippen LogP contribution is 2.24. The van der Waals surface area contributed by atoms with Gasteiger partial charge in [-0.1, -0.05) is 0 Å². The molecule has 0 amide bonds. The highest BCUT2D eigenvalue weighted by Gasteiger charge is 2.28. The van der Waals surface area contributed by atoms with Crippen LogP contribution in [0.5, 0.6) is 0 Å². The molecule has 0 aliphatic heterocycles. The van der Waals surface area contributed by atoms with Gasteiger partial charge in [-0.15, -0.1) is 0 Å². The number of nitrogens with two attached hydrogens (primary N) is 1. The van der Waals surface area contributed by atoms with Crippen molar-refractivity contribution in [1.29, 1.82) is 0 Å². The molecule has 6 N–H and O–H groups in total. The maximum atomic E-state index is 9.13. The van der Waals surface area contributed by atoms with Crippen LogP contribution in [0.15, 0.2) is 16.7 Å². The Hall–Kier alpha value is -0.890. The maximum Gasteiger partial charge on any atom is 0.141 e. The molecule has 0 saturated carbocycles. The molecule has 1 heterocycles. The molecule has 7 heteroatoms. The van der Waals surface area contributed by atoms with Crippen LogP contribution < -0.4 is 11.1 Å². The van der Waals surface area contributed by atoms with Crippen molar-refractivity contribution in [1.82, 2.24) is 4.98 Å². The molecule has 1 aromatic heterocycles. The van der Waals surface area contributed by atoms with Crippen molar-refractivity contribution >= 4 is 27.4 Å². The quantitative estimate of drug-likeness (QED) is 0.503. The fourth-order valence-corrected chi connectivity index (χ4v) is 1.53. The van der Waals surface area contributed by atoms with Crippen LogP contribution in [0.3, 0.4) is 0 Å². The van der Waals surface area contributed by atoms with Crippen LogP contribution in [0, 0.1) is 0 Å². The molecule has 0 unspecified atom stereocenters. The highest BCUT2D eigenvalue weighted by molar-refractivity contribution is 9.10. The molecule has 0 spiro atoms. The summed E-state index contributed by atoms with van der Waals surface area (Å²) in [5.74, 6) is 0.395. The number of rotatable bonds is 5. The zero-order valence-electron chi connectivity index (χ0n) is 8.52. The van der Waals surface area contributed by atoms with Gasteiger partial charge in [0.25, 0.3) is 0 Å². The fraction of sp³-hybridized carbons (Fsp3) is 0.444. The first-order chi connectivity index (χ1) is 7.56. The van der Waals surface area contributed by atoms with E-state index in [1.54, 1.807) is 6.07 Å². The largest absolute Gasteiger partial charge is 0.397 e. The van der Waals surface area contributed by atoms with E-state index in [2.05, 4.69) is 26.2 Å². The van der Waals surface area contributed by atoms with Crippen molar-refractivity contribution in [3.8, 4) is 0 Å². The number of nitrogens with one attached hydrogen (secondary N) is 1. The van der Waals surface area contributed by atoms with Crippen LogP contribution in [0.1, 0.15) is 0 Å². The molecule has 90 valence electrons. The molecule has 0 saturated heterocycles. The van der Waals surface area contributed by atoms with Gasteiger partial charge in [0.1, 0.15) is 11.4 Å². The highest BCUT2D eigenvalue weighted by atomic mass is 79.9. The van der Waals surface area contributed by atoms with Crippen molar-refractivity contribution in [3.05, 3.63) is 16.7 Å². The monoisotopic (exact) mass is 291 g/mol. The van der Waals surface area contributed by atoms with Crippen molar-refractivity contribution in [2.45, 2.75) is 5.54 Å². The third-order valence-corrected chi connectivity index (χ3v) is 2.76. The predicted molar refractivity (Wildman–Crippen MR) is 64.0 cm³/mol. The number of pyridine rings is 1. The second kappa shape index (κ2) is 5.44. The third kappa shape index (κ3) is 2.82. The van der Waals surface area contributed by atoms with Gasteiger partial charge in [0.2, 0.25) is 0 Å². The van der Waals surface area contributed by atoms with Gasteiger partial charge in [0.05, 0.1) is 36.2 Å². The minimum Gasteiger partial charge on any atom is -0.397 e. The number of aromatic nitrogens is 1. The standard InChI is InChI=1S/C9H14BrN3O3/c10-7-1-6(11)2-12-8(7)13-9(3-14,4-15)5-16/h1-2,14-16H,3-5,11H2,(H,12,13). The molecule has 1 aromatic rings. The second-order valence-electron chi connectivity index (χ2n) is 3.48. The van der Waals surface area contributed by atoms with Gasteiger partial charge in [-0.3, -0.25) is 0 Å². The molecule has 1 rings (SSSR count). The number of halogens is 1. The third-order valence-electron chi connectivity index (χ3n) is 2.15. The van der Waals surface area contributed by atoms with Crippen LogP contribution in [-0.2, 0) is 0 Å². The molecule has 0 radical (unpaired) electrons. The number of nitrogens with zero attached hydrogens (tertiary/aromatic N) is 1. The second-order valence-corrected chi connectivity index (χ2v) is 4.33. The number of aliphatic hydroxyl groups excluding tert-OH is 3. The summed E-state index contributed by atoms with van der Waals surface area (Å²) in [4.78, 5) is 3.99. The van der Waals surface area contributed by atoms with E-state index in [0.717, 1.165) is 0 Å². The van der Waals surface area contributed by atoms with Crippen LogP contribution in [0.25, 0.3) is 0 Å². The summed E-state index contributed by atoms with van der Waals surface area (Å²) in [7, 11) is 0. The van der Waals surface area contributed by atoms with Gasteiger partial charge in [0, 0.05) is 0 Å². The van der Waals surface area contributed by atoms with Gasteiger partial charge in [-0.2, -0.15) is 0 Å². The van der Waals surface area contributed by atoms with Crippen molar-refractivity contribution in [2.24, 2.45) is 0 Å². The summed E-state index contributed by atoms with van der Waals surface area (Å²) in [6.45, 7) is -1.25. The minimum atomic E-state index is -1.20. The number of anilines is 2. The molecule has 0 atom stereocenters. The lowest BCUT2D eigenvalue weighted by Gasteiger charge is -2.29. The summed E-state index contributed by atoms with van der Waals surface area (Å²) >= 11 is 3.24. The topological polar surface area (TPSA) is 112 Å². The van der Waals surface area contributed by atoms with Crippen molar-refractivity contribution in [2.75, 3.05) is 30.9 Å². The van der Waals surface area contributed by atoms with Crippen LogP contribution in [0.4, 0.5) is 11.5 Å². The molecule has 0 aliphatic rings. The zero-order valence-corrected chi connectivity index (χ0v) is 10.1. The average molecular weight is 292 g/mol. The van der Waals surface area contributed by atoms with Gasteiger partial charge in [-0.05, 0) is 22.0 Å². The van der Waals surface area contributed by atoms with Gasteiger partial charge < -0.3 is 26.4 Å². The molecule has 0 aliphatic carbocycles. The van der Waals surface area contributed by atoms with Gasteiger partial charge >= 0.3 is 0 Å². The minimum absolute atomic E-state index is 0.395. The number of hydrogen-bond donors (Lipinski definition) is 5. The van der Waals surface area contributed by atoms with E-state index in [9.17, 15) is 0 Å². The smallest absolute Gasteiger partial charge is 0.141 e. The Morgan fingerprint density at radius 1 is 1.31 bits per heavy atom. The first kappa shape index (κ1) is 13.2. The van der Waals surface area contributed by atoms with E-state index < -0.39 is 25.4 Å². The van der Waals surface area contributed by atoms with Gasteiger partial charge in [0.15, 0.2) is 0 Å². The summed E-state index contributed by atoms with van der Waals surface area (Å²) in [5.41, 5.74) is 4.80. The first-order valence-electron chi connectivity index (χ1n) is 4.58. The molecule has 0 aromatic carbocycles. The Labute approximate surface area is 101 Å². The van der Waals surface area contributed by atoms with Crippen molar-refractivity contribution < 1.29 is 15.3 Å². The Kier molecular flexibility index (Phi) is 4.48. The van der Waals surface area contributed by atoms with E-state index in [-0.39, 0.29) is 0 Å². The van der Waals surface area contributed by atoms with Crippen molar-refractivity contribution in [3.63, 3.8) is 0 Å². The lowest BCUT2D eigenvalue weighted by Crippen LogP contribution is -2.49. The Bertz CT molecular complexity index is 350. The molecule has 6 nitrogen and oxygen atoms in total. The Morgan fingerprint density at radius 2 is 1.88 bits per heavy atom. The summed E-state index contributed by atoms with van der Waals surface area (Å²) in [5, 5.41) is 30.2. The van der Waals surface area contributed by atoms with E-state index >= 15 is 0 Å². The lowest BCUT2D eigenvalue weighted by atomic mass is 10.0. The van der Waals surface area contributed by atoms with E-state index in [1.165, 1.54) is 6.20 Å². The van der Waals surface area contributed by atoms with Crippen LogP contribution in [-0.4, -0.2) is 45.7 Å². The van der Waals surface area contributed by atoms with Gasteiger partial charge in [-0.25, -0.2) is 4.98 Å². The summed E-state index contributed by atoms with van der Waals surface area (Å²) in [6.07, 6.45) is 1.43. The summed E-state index contributed by atoms with van der Waals surface area (Å²) < 4.78 is 0.590. The normalized spacial score (nSPS) is 11.5. The fourth-order valence-electron chi connectivity index (χ4n) is 1.06. The van der Waals surface area contributed by atoms with Crippen LogP contribution >= 0.6 is 15.9 Å². The average Bonchev–Trinajstić information content (AvgIpc) is 2.29.